The van der Waals surface area contributed by atoms with Crippen LogP contribution in [0.15, 0.2) is 30.0 Å². The molecule has 0 bridgehead atoms. The van der Waals surface area contributed by atoms with Gasteiger partial charge in [0.15, 0.2) is 5.65 Å². The van der Waals surface area contributed by atoms with Crippen molar-refractivity contribution in [1.29, 1.82) is 0 Å². The fraction of sp³-hybridized carbons (Fsp3) is 0.286. The summed E-state index contributed by atoms with van der Waals surface area (Å²) in [6.07, 6.45) is 5.27. The highest BCUT2D eigenvalue weighted by Gasteiger charge is 2.26. The number of carbonyl (C=O) groups is 3. The Labute approximate surface area is 186 Å². The third kappa shape index (κ3) is 3.70. The van der Waals surface area contributed by atoms with Crippen LogP contribution in [0.25, 0.3) is 22.3 Å². The van der Waals surface area contributed by atoms with Crippen LogP contribution in [-0.4, -0.2) is 57.3 Å². The number of anilines is 1. The molecule has 3 amide bonds. The molecule has 1 aliphatic heterocycles. The van der Waals surface area contributed by atoms with E-state index in [2.05, 4.69) is 15.7 Å². The first-order valence-electron chi connectivity index (χ1n) is 11.2. The Bertz CT molecular complexity index is 1370. The minimum absolute atomic E-state index is 0.00352. The summed E-state index contributed by atoms with van der Waals surface area (Å²) in [5.41, 5.74) is 1.97. The Hall–Kier alpha value is -3.53. The van der Waals surface area contributed by atoms with E-state index in [1.165, 1.54) is 7.05 Å². The van der Waals surface area contributed by atoms with Crippen molar-refractivity contribution >= 4 is 46.6 Å². The van der Waals surface area contributed by atoms with Crippen molar-refractivity contribution in [1.82, 2.24) is 24.8 Å². The molecular weight excluding hydrogens is 416 g/mol. The molecule has 158 valence electrons. The summed E-state index contributed by atoms with van der Waals surface area (Å²) >= 11 is 1.15. The quantitative estimate of drug-likeness (QED) is 0.466. The maximum atomic E-state index is 12.6. The minimum Gasteiger partial charge on any atom is -0.367 e. The third-order valence-corrected chi connectivity index (χ3v) is 6.12. The van der Waals surface area contributed by atoms with Gasteiger partial charge in [-0.1, -0.05) is 0 Å². The smallest absolute Gasteiger partial charge is 0.263 e. The molecule has 5 rings (SSSR count). The van der Waals surface area contributed by atoms with E-state index in [0.717, 1.165) is 29.1 Å². The van der Waals surface area contributed by atoms with Gasteiger partial charge in [-0.15, -0.1) is 11.3 Å². The number of nitrogens with zero attached hydrogens (tertiary/aromatic N) is 4. The molecule has 0 aromatic carbocycles. The standard InChI is InChI=1S/C21H20N6O3S/c1-26(2)21(30)16-6-5-15(31-16)14-9-17(23-13-3-4-13)27-19(24-14)12(10-22-27)7-11-8-18(28)25-20(11)29/h5-7,9-10,13,23H,3-4,8H2,1-2H3,(H,25,28,29)/b11-7+/i1D3. The summed E-state index contributed by atoms with van der Waals surface area (Å²) in [5, 5.41) is 10.1. The molecule has 0 radical (unpaired) electrons. The monoisotopic (exact) mass is 439 g/mol. The topological polar surface area (TPSA) is 109 Å². The summed E-state index contributed by atoms with van der Waals surface area (Å²) in [6.45, 7) is -2.53. The van der Waals surface area contributed by atoms with Crippen molar-refractivity contribution in [2.24, 2.45) is 0 Å². The highest BCUT2D eigenvalue weighted by atomic mass is 32.1. The minimum atomic E-state index is -2.53. The second kappa shape index (κ2) is 7.31. The van der Waals surface area contributed by atoms with Gasteiger partial charge in [0.25, 0.3) is 11.8 Å². The van der Waals surface area contributed by atoms with Crippen molar-refractivity contribution in [2.75, 3.05) is 19.3 Å². The van der Waals surface area contributed by atoms with Crippen LogP contribution in [-0.2, 0) is 9.59 Å². The Balaban J connectivity index is 1.56. The fourth-order valence-corrected chi connectivity index (χ4v) is 4.25. The van der Waals surface area contributed by atoms with Gasteiger partial charge in [0.05, 0.1) is 28.1 Å². The van der Waals surface area contributed by atoms with Crippen LogP contribution in [0.2, 0.25) is 0 Å². The normalized spacial score (nSPS) is 19.3. The summed E-state index contributed by atoms with van der Waals surface area (Å²) in [6, 6.07) is 5.46. The predicted molar refractivity (Wildman–Crippen MR) is 117 cm³/mol. The second-order valence-corrected chi connectivity index (χ2v) is 8.62. The second-order valence-electron chi connectivity index (χ2n) is 7.53. The van der Waals surface area contributed by atoms with Crippen LogP contribution < -0.4 is 10.6 Å². The first-order chi connectivity index (χ1) is 16.1. The summed E-state index contributed by atoms with van der Waals surface area (Å²) in [7, 11) is 1.24. The molecule has 9 nitrogen and oxygen atoms in total. The highest BCUT2D eigenvalue weighted by Crippen LogP contribution is 2.32. The number of nitrogens with one attached hydrogen (secondary N) is 2. The summed E-state index contributed by atoms with van der Waals surface area (Å²) in [5.74, 6) is -0.674. The van der Waals surface area contributed by atoms with Gasteiger partial charge >= 0.3 is 0 Å². The van der Waals surface area contributed by atoms with Crippen molar-refractivity contribution in [2.45, 2.75) is 25.3 Å². The lowest BCUT2D eigenvalue weighted by Crippen LogP contribution is -2.20. The van der Waals surface area contributed by atoms with Crippen LogP contribution in [0, 0.1) is 0 Å². The van der Waals surface area contributed by atoms with E-state index in [4.69, 9.17) is 9.10 Å². The average Bonchev–Trinajstić information content (AvgIpc) is 3.17. The van der Waals surface area contributed by atoms with E-state index in [1.54, 1.807) is 28.9 Å². The molecule has 2 fully saturated rings. The molecule has 0 unspecified atom stereocenters. The third-order valence-electron chi connectivity index (χ3n) is 5.03. The van der Waals surface area contributed by atoms with Crippen LogP contribution in [0.1, 0.15) is 38.6 Å². The van der Waals surface area contributed by atoms with E-state index >= 15 is 0 Å². The van der Waals surface area contributed by atoms with E-state index in [0.29, 0.717) is 39.2 Å². The molecule has 3 aromatic heterocycles. The molecule has 3 aromatic rings. The number of carbonyl (C=O) groups excluding carboxylic acids is 3. The van der Waals surface area contributed by atoms with Gasteiger partial charge in [0.2, 0.25) is 5.91 Å². The molecule has 1 saturated carbocycles. The fourth-order valence-electron chi connectivity index (χ4n) is 3.31. The number of fused-ring (bicyclic) bond motifs is 1. The summed E-state index contributed by atoms with van der Waals surface area (Å²) < 4.78 is 24.0. The Morgan fingerprint density at radius 1 is 1.42 bits per heavy atom. The van der Waals surface area contributed by atoms with Crippen molar-refractivity contribution in [3.63, 3.8) is 0 Å². The van der Waals surface area contributed by atoms with Gasteiger partial charge in [-0.2, -0.15) is 9.61 Å². The highest BCUT2D eigenvalue weighted by molar-refractivity contribution is 7.17. The molecule has 2 aliphatic rings. The van der Waals surface area contributed by atoms with Gasteiger partial charge in [0.1, 0.15) is 5.82 Å². The van der Waals surface area contributed by atoms with Crippen LogP contribution in [0.5, 0.6) is 0 Å². The number of thiophene rings is 1. The lowest BCUT2D eigenvalue weighted by Gasteiger charge is -2.10. The molecule has 2 N–H and O–H groups in total. The molecule has 0 spiro atoms. The number of aromatic nitrogens is 3. The Morgan fingerprint density at radius 2 is 2.26 bits per heavy atom. The largest absolute Gasteiger partial charge is 0.367 e. The van der Waals surface area contributed by atoms with Crippen molar-refractivity contribution < 1.29 is 18.5 Å². The number of imide groups is 1. The molecule has 0 atom stereocenters. The van der Waals surface area contributed by atoms with Crippen molar-refractivity contribution in [3.05, 3.63) is 40.4 Å². The van der Waals surface area contributed by atoms with Gasteiger partial charge in [-0.3, -0.25) is 19.7 Å². The van der Waals surface area contributed by atoms with Crippen LogP contribution >= 0.6 is 11.3 Å². The van der Waals surface area contributed by atoms with E-state index < -0.39 is 18.8 Å². The zero-order chi connectivity index (χ0) is 24.2. The molecule has 31 heavy (non-hydrogen) atoms. The van der Waals surface area contributed by atoms with Crippen LogP contribution in [0.4, 0.5) is 5.82 Å². The number of rotatable bonds is 5. The zero-order valence-corrected chi connectivity index (χ0v) is 17.3. The van der Waals surface area contributed by atoms with Gasteiger partial charge in [-0.05, 0) is 31.1 Å². The summed E-state index contributed by atoms with van der Waals surface area (Å²) in [4.78, 5) is 42.6. The first-order valence-corrected chi connectivity index (χ1v) is 10.5. The molecule has 10 heteroatoms. The van der Waals surface area contributed by atoms with Gasteiger partial charge in [0, 0.05) is 41.4 Å². The predicted octanol–water partition coefficient (Wildman–Crippen LogP) is 2.16. The zero-order valence-electron chi connectivity index (χ0n) is 19.5. The van der Waals surface area contributed by atoms with Gasteiger partial charge < -0.3 is 10.2 Å². The number of hydrogen-bond donors (Lipinski definition) is 2. The average molecular weight is 440 g/mol. The molecule has 1 saturated heterocycles. The lowest BCUT2D eigenvalue weighted by molar-refractivity contribution is -0.124. The lowest BCUT2D eigenvalue weighted by atomic mass is 10.1. The number of amides is 3. The molecular formula is C21H20N6O3S. The Morgan fingerprint density at radius 3 is 2.97 bits per heavy atom. The molecule has 4 heterocycles. The van der Waals surface area contributed by atoms with E-state index in [1.807, 2.05) is 6.07 Å². The SMILES string of the molecule is [2H]C([2H])([2H])N(C)C(=O)c1ccc(-c2cc(NC3CC3)n3ncc(/C=C4\CC(=O)NC4=O)c3n2)s1. The molecule has 1 aliphatic carbocycles. The first kappa shape index (κ1) is 16.2. The van der Waals surface area contributed by atoms with E-state index in [9.17, 15) is 14.4 Å². The maximum absolute atomic E-state index is 12.6. The van der Waals surface area contributed by atoms with Crippen LogP contribution in [0.3, 0.4) is 0 Å². The number of hydrogen-bond acceptors (Lipinski definition) is 7. The van der Waals surface area contributed by atoms with Crippen molar-refractivity contribution in [3.8, 4) is 10.6 Å². The van der Waals surface area contributed by atoms with Gasteiger partial charge in [-0.25, -0.2) is 4.98 Å². The maximum Gasteiger partial charge on any atom is 0.263 e. The van der Waals surface area contributed by atoms with E-state index in [-0.39, 0.29) is 17.2 Å². The Kier molecular flexibility index (Phi) is 3.82.